The Bertz CT molecular complexity index is 542. The van der Waals surface area contributed by atoms with Gasteiger partial charge in [-0.3, -0.25) is 9.69 Å². The molecular weight excluding hydrogens is 320 g/mol. The summed E-state index contributed by atoms with van der Waals surface area (Å²) in [5.41, 5.74) is 0. The topological polar surface area (TPSA) is 41.6 Å². The lowest BCUT2D eigenvalue weighted by molar-refractivity contribution is -0.130. The number of carbonyl (C=O) groups is 1. The van der Waals surface area contributed by atoms with E-state index in [4.69, 9.17) is 4.74 Å². The van der Waals surface area contributed by atoms with E-state index in [2.05, 4.69) is 27.7 Å². The van der Waals surface area contributed by atoms with Crippen molar-refractivity contribution in [2.45, 2.75) is 63.1 Å². The van der Waals surface area contributed by atoms with Crippen LogP contribution in [0.2, 0.25) is 0 Å². The number of nitrogens with zero attached hydrogens (tertiary/aromatic N) is 1. The summed E-state index contributed by atoms with van der Waals surface area (Å²) in [4.78, 5) is 16.7. The molecular formula is C19H28N2O2S. The van der Waals surface area contributed by atoms with Crippen LogP contribution in [0.3, 0.4) is 0 Å². The Morgan fingerprint density at radius 2 is 2.21 bits per heavy atom. The first-order valence-corrected chi connectivity index (χ1v) is 10.4. The van der Waals surface area contributed by atoms with E-state index in [1.807, 2.05) is 0 Å². The van der Waals surface area contributed by atoms with Gasteiger partial charge in [-0.2, -0.15) is 0 Å². The van der Waals surface area contributed by atoms with Crippen LogP contribution in [-0.2, 0) is 16.0 Å². The number of ether oxygens (including phenoxy) is 1. The molecule has 5 heteroatoms. The number of piperidine rings is 1. The molecule has 3 atom stereocenters. The van der Waals surface area contributed by atoms with E-state index in [1.165, 1.54) is 30.6 Å². The van der Waals surface area contributed by atoms with E-state index >= 15 is 0 Å². The molecule has 1 aliphatic carbocycles. The molecule has 1 amide bonds. The zero-order chi connectivity index (χ0) is 16.4. The molecule has 0 bridgehead atoms. The minimum absolute atomic E-state index is 0.0910. The van der Waals surface area contributed by atoms with Crippen molar-refractivity contribution in [3.05, 3.63) is 22.4 Å². The maximum absolute atomic E-state index is 12.7. The quantitative estimate of drug-likeness (QED) is 0.890. The van der Waals surface area contributed by atoms with E-state index in [9.17, 15) is 4.79 Å². The molecule has 1 N–H and O–H groups in total. The van der Waals surface area contributed by atoms with Gasteiger partial charge >= 0.3 is 0 Å². The van der Waals surface area contributed by atoms with Crippen LogP contribution in [0.25, 0.3) is 0 Å². The fourth-order valence-corrected chi connectivity index (χ4v) is 5.45. The van der Waals surface area contributed by atoms with Crippen LogP contribution in [0.15, 0.2) is 17.5 Å². The van der Waals surface area contributed by atoms with Crippen molar-refractivity contribution < 1.29 is 9.53 Å². The van der Waals surface area contributed by atoms with E-state index in [0.717, 1.165) is 39.0 Å². The monoisotopic (exact) mass is 348 g/mol. The van der Waals surface area contributed by atoms with Crippen molar-refractivity contribution in [1.29, 1.82) is 0 Å². The molecule has 0 unspecified atom stereocenters. The Morgan fingerprint density at radius 1 is 1.33 bits per heavy atom. The van der Waals surface area contributed by atoms with Gasteiger partial charge in [0.05, 0.1) is 12.0 Å². The van der Waals surface area contributed by atoms with Gasteiger partial charge in [0, 0.05) is 36.7 Å². The van der Waals surface area contributed by atoms with E-state index < -0.39 is 0 Å². The highest BCUT2D eigenvalue weighted by Gasteiger charge is 2.44. The Morgan fingerprint density at radius 3 is 3.00 bits per heavy atom. The number of hydrogen-bond donors (Lipinski definition) is 1. The third-order valence-electron chi connectivity index (χ3n) is 5.96. The molecule has 2 saturated heterocycles. The zero-order valence-corrected chi connectivity index (χ0v) is 15.1. The summed E-state index contributed by atoms with van der Waals surface area (Å²) in [6, 6.07) is 5.44. The van der Waals surface area contributed by atoms with Gasteiger partial charge in [0.15, 0.2) is 0 Å². The number of thiophene rings is 1. The minimum atomic E-state index is 0.0910. The molecule has 4 nitrogen and oxygen atoms in total. The number of amides is 1. The predicted octanol–water partition coefficient (Wildman–Crippen LogP) is 2.83. The molecule has 3 fully saturated rings. The maximum Gasteiger partial charge on any atom is 0.224 e. The standard InChI is InChI=1S/C19H28N2O2S/c22-19(20-9-7-16-6-3-11-24-16)14-12-18-17(8-10-23-18)21(13-14)15-4-1-2-5-15/h3,6,11,14-15,17-18H,1-2,4-5,7-10,12-13H2,(H,20,22)/t14-,17-,18-/m0/s1. The highest BCUT2D eigenvalue weighted by Crippen LogP contribution is 2.36. The Labute approximate surface area is 148 Å². The third kappa shape index (κ3) is 3.53. The number of likely N-dealkylation sites (tertiary alicyclic amines) is 1. The van der Waals surface area contributed by atoms with Gasteiger partial charge in [-0.25, -0.2) is 0 Å². The Kier molecular flexibility index (Phi) is 5.20. The van der Waals surface area contributed by atoms with Crippen molar-refractivity contribution in [2.75, 3.05) is 19.7 Å². The fourth-order valence-electron chi connectivity index (χ4n) is 4.74. The maximum atomic E-state index is 12.7. The van der Waals surface area contributed by atoms with Gasteiger partial charge in [-0.05, 0) is 43.6 Å². The molecule has 1 saturated carbocycles. The molecule has 1 aromatic heterocycles. The number of nitrogens with one attached hydrogen (secondary N) is 1. The van der Waals surface area contributed by atoms with Crippen molar-refractivity contribution in [2.24, 2.45) is 5.92 Å². The van der Waals surface area contributed by atoms with E-state index in [0.29, 0.717) is 12.1 Å². The summed E-state index contributed by atoms with van der Waals surface area (Å²) in [5, 5.41) is 5.26. The number of fused-ring (bicyclic) bond motifs is 1. The van der Waals surface area contributed by atoms with Crippen LogP contribution in [-0.4, -0.2) is 48.7 Å². The highest BCUT2D eigenvalue weighted by molar-refractivity contribution is 7.09. The lowest BCUT2D eigenvalue weighted by Crippen LogP contribution is -2.55. The first kappa shape index (κ1) is 16.6. The first-order valence-electron chi connectivity index (χ1n) is 9.48. The van der Waals surface area contributed by atoms with Gasteiger partial charge in [0.25, 0.3) is 0 Å². The summed E-state index contributed by atoms with van der Waals surface area (Å²) in [7, 11) is 0. The molecule has 132 valence electrons. The third-order valence-corrected chi connectivity index (χ3v) is 6.90. The van der Waals surface area contributed by atoms with E-state index in [1.54, 1.807) is 11.3 Å². The van der Waals surface area contributed by atoms with Gasteiger partial charge in [-0.15, -0.1) is 11.3 Å². The molecule has 3 heterocycles. The smallest absolute Gasteiger partial charge is 0.224 e. The predicted molar refractivity (Wildman–Crippen MR) is 96.2 cm³/mol. The fraction of sp³-hybridized carbons (Fsp3) is 0.737. The summed E-state index contributed by atoms with van der Waals surface area (Å²) < 4.78 is 5.97. The number of rotatable bonds is 5. The Balaban J connectivity index is 1.34. The van der Waals surface area contributed by atoms with Crippen LogP contribution in [0.5, 0.6) is 0 Å². The SMILES string of the molecule is O=C(NCCc1cccs1)[C@H]1C[C@@H]2OCC[C@@H]2N(C2CCCC2)C1. The van der Waals surface area contributed by atoms with Crippen molar-refractivity contribution >= 4 is 17.2 Å². The average molecular weight is 349 g/mol. The second-order valence-electron chi connectivity index (χ2n) is 7.45. The van der Waals surface area contributed by atoms with E-state index in [-0.39, 0.29) is 17.9 Å². The summed E-state index contributed by atoms with van der Waals surface area (Å²) in [5.74, 6) is 0.316. The molecule has 0 spiro atoms. The average Bonchev–Trinajstić information content (AvgIpc) is 3.34. The van der Waals surface area contributed by atoms with Crippen LogP contribution in [0.1, 0.15) is 43.4 Å². The molecule has 24 heavy (non-hydrogen) atoms. The zero-order valence-electron chi connectivity index (χ0n) is 14.3. The largest absolute Gasteiger partial charge is 0.377 e. The van der Waals surface area contributed by atoms with Gasteiger partial charge in [0.1, 0.15) is 0 Å². The molecule has 4 rings (SSSR count). The Hall–Kier alpha value is -0.910. The second kappa shape index (κ2) is 7.54. The van der Waals surface area contributed by atoms with Crippen LogP contribution < -0.4 is 5.32 Å². The van der Waals surface area contributed by atoms with Crippen LogP contribution in [0, 0.1) is 5.92 Å². The number of carbonyl (C=O) groups excluding carboxylic acids is 1. The first-order chi connectivity index (χ1) is 11.8. The number of hydrogen-bond acceptors (Lipinski definition) is 4. The molecule has 2 aliphatic heterocycles. The summed E-state index contributed by atoms with van der Waals surface area (Å²) >= 11 is 1.76. The molecule has 1 aromatic rings. The summed E-state index contributed by atoms with van der Waals surface area (Å²) in [6.45, 7) is 2.54. The van der Waals surface area contributed by atoms with Crippen molar-refractivity contribution in [3.8, 4) is 0 Å². The highest BCUT2D eigenvalue weighted by atomic mass is 32.1. The second-order valence-corrected chi connectivity index (χ2v) is 8.49. The van der Waals surface area contributed by atoms with Crippen molar-refractivity contribution in [3.63, 3.8) is 0 Å². The molecule has 0 radical (unpaired) electrons. The summed E-state index contributed by atoms with van der Waals surface area (Å²) in [6.07, 6.45) is 8.55. The normalized spacial score (nSPS) is 31.2. The van der Waals surface area contributed by atoms with Gasteiger partial charge in [0.2, 0.25) is 5.91 Å². The lowest BCUT2D eigenvalue weighted by Gasteiger charge is -2.43. The lowest BCUT2D eigenvalue weighted by atomic mass is 9.88. The molecule has 0 aromatic carbocycles. The van der Waals surface area contributed by atoms with Crippen LogP contribution in [0.4, 0.5) is 0 Å². The van der Waals surface area contributed by atoms with Gasteiger partial charge in [-0.1, -0.05) is 18.9 Å². The van der Waals surface area contributed by atoms with Gasteiger partial charge < -0.3 is 10.1 Å². The molecule has 3 aliphatic rings. The minimum Gasteiger partial charge on any atom is -0.377 e. The van der Waals surface area contributed by atoms with Crippen LogP contribution >= 0.6 is 11.3 Å². The van der Waals surface area contributed by atoms with Crippen molar-refractivity contribution in [1.82, 2.24) is 10.2 Å².